The number of likely N-dealkylation sites (tertiary alicyclic amines) is 1. The van der Waals surface area contributed by atoms with Gasteiger partial charge in [-0.3, -0.25) is 9.59 Å². The van der Waals surface area contributed by atoms with Crippen LogP contribution in [0.1, 0.15) is 23.6 Å². The fraction of sp³-hybridized carbons (Fsp3) is 0.360. The molecule has 4 rings (SSSR count). The van der Waals surface area contributed by atoms with Gasteiger partial charge in [0, 0.05) is 12.1 Å². The zero-order valence-electron chi connectivity index (χ0n) is 19.0. The molecule has 2 aliphatic heterocycles. The lowest BCUT2D eigenvalue weighted by molar-refractivity contribution is -0.139. The number of carbonyl (C=O) groups excluding carboxylic acids is 2. The van der Waals surface area contributed by atoms with Gasteiger partial charge in [0.2, 0.25) is 0 Å². The van der Waals surface area contributed by atoms with Crippen LogP contribution in [-0.4, -0.2) is 74.1 Å². The molecule has 2 aliphatic rings. The number of amides is 1. The third-order valence-electron chi connectivity index (χ3n) is 5.77. The van der Waals surface area contributed by atoms with Crippen molar-refractivity contribution in [3.8, 4) is 17.2 Å². The third kappa shape index (κ3) is 4.52. The highest BCUT2D eigenvalue weighted by atomic mass is 16.6. The zero-order valence-corrected chi connectivity index (χ0v) is 19.0. The van der Waals surface area contributed by atoms with Crippen LogP contribution in [0.3, 0.4) is 0 Å². The molecule has 2 aromatic carbocycles. The fourth-order valence-corrected chi connectivity index (χ4v) is 4.17. The Kier molecular flexibility index (Phi) is 6.55. The quantitative estimate of drug-likeness (QED) is 0.393. The van der Waals surface area contributed by atoms with E-state index >= 15 is 0 Å². The zero-order chi connectivity index (χ0) is 23.5. The number of carbonyl (C=O) groups is 2. The maximum atomic E-state index is 13.1. The average Bonchev–Trinajstić information content (AvgIpc) is 3.08. The van der Waals surface area contributed by atoms with Gasteiger partial charge in [0.15, 0.2) is 11.5 Å². The second-order valence-corrected chi connectivity index (χ2v) is 8.28. The van der Waals surface area contributed by atoms with Crippen LogP contribution in [-0.2, 0) is 9.59 Å². The molecule has 1 atom stereocenters. The molecular weight excluding hydrogens is 424 g/mol. The summed E-state index contributed by atoms with van der Waals surface area (Å²) in [5.41, 5.74) is 1.13. The minimum atomic E-state index is -0.726. The normalized spacial score (nSPS) is 19.3. The summed E-state index contributed by atoms with van der Waals surface area (Å²) in [6.45, 7) is 1.99. The first-order chi connectivity index (χ1) is 15.9. The number of rotatable bonds is 7. The van der Waals surface area contributed by atoms with Gasteiger partial charge in [-0.2, -0.15) is 0 Å². The third-order valence-corrected chi connectivity index (χ3v) is 5.77. The Bertz CT molecular complexity index is 1090. The van der Waals surface area contributed by atoms with Crippen molar-refractivity contribution < 1.29 is 28.9 Å². The lowest BCUT2D eigenvalue weighted by Gasteiger charge is -2.26. The maximum Gasteiger partial charge on any atom is 0.295 e. The monoisotopic (exact) mass is 452 g/mol. The number of benzene rings is 2. The first kappa shape index (κ1) is 22.7. The van der Waals surface area contributed by atoms with E-state index in [4.69, 9.17) is 14.2 Å². The number of nitrogens with zero attached hydrogens (tertiary/aromatic N) is 2. The lowest BCUT2D eigenvalue weighted by atomic mass is 9.95. The van der Waals surface area contributed by atoms with Crippen LogP contribution >= 0.6 is 0 Å². The lowest BCUT2D eigenvalue weighted by Crippen LogP contribution is -2.32. The van der Waals surface area contributed by atoms with E-state index in [2.05, 4.69) is 0 Å². The summed E-state index contributed by atoms with van der Waals surface area (Å²) in [6, 6.07) is 11.5. The molecule has 0 radical (unpaired) electrons. The van der Waals surface area contributed by atoms with Crippen molar-refractivity contribution in [3.63, 3.8) is 0 Å². The molecule has 8 heteroatoms. The van der Waals surface area contributed by atoms with Crippen LogP contribution in [0.25, 0.3) is 5.76 Å². The Morgan fingerprint density at radius 3 is 2.61 bits per heavy atom. The Labute approximate surface area is 193 Å². The van der Waals surface area contributed by atoms with Gasteiger partial charge in [-0.05, 0) is 63.0 Å². The molecule has 1 fully saturated rings. The fourth-order valence-electron chi connectivity index (χ4n) is 4.17. The second-order valence-electron chi connectivity index (χ2n) is 8.28. The molecule has 2 aromatic rings. The highest BCUT2D eigenvalue weighted by Gasteiger charge is 2.46. The molecule has 0 unspecified atom stereocenters. The van der Waals surface area contributed by atoms with Crippen molar-refractivity contribution in [3.05, 3.63) is 59.2 Å². The average molecular weight is 453 g/mol. The van der Waals surface area contributed by atoms with Crippen molar-refractivity contribution in [2.45, 2.75) is 12.5 Å². The van der Waals surface area contributed by atoms with Crippen molar-refractivity contribution in [2.75, 3.05) is 47.5 Å². The Morgan fingerprint density at radius 2 is 1.88 bits per heavy atom. The standard InChI is InChI=1S/C25H28N2O6/c1-26(2)10-5-11-27-22(16-6-4-7-18(14-16)31-3)21(24(29)25(27)30)23(28)17-8-9-19-20(15-17)33-13-12-32-19/h4,6-9,14-15,22,28H,5,10-13H2,1-3H3/t22-/m0/s1. The summed E-state index contributed by atoms with van der Waals surface area (Å²) in [4.78, 5) is 29.7. The number of aliphatic hydroxyl groups excluding tert-OH is 1. The van der Waals surface area contributed by atoms with Crippen LogP contribution in [0.15, 0.2) is 48.0 Å². The molecule has 174 valence electrons. The van der Waals surface area contributed by atoms with E-state index < -0.39 is 17.7 Å². The summed E-state index contributed by atoms with van der Waals surface area (Å²) in [6.07, 6.45) is 0.685. The molecule has 0 spiro atoms. The van der Waals surface area contributed by atoms with Gasteiger partial charge in [0.05, 0.1) is 18.7 Å². The topological polar surface area (TPSA) is 88.5 Å². The summed E-state index contributed by atoms with van der Waals surface area (Å²) in [5, 5.41) is 11.2. The molecule has 33 heavy (non-hydrogen) atoms. The van der Waals surface area contributed by atoms with Gasteiger partial charge in [-0.1, -0.05) is 12.1 Å². The first-order valence-corrected chi connectivity index (χ1v) is 10.9. The smallest absolute Gasteiger partial charge is 0.295 e. The minimum Gasteiger partial charge on any atom is -0.507 e. The minimum absolute atomic E-state index is 0.0507. The van der Waals surface area contributed by atoms with Crippen LogP contribution in [0.2, 0.25) is 0 Å². The van der Waals surface area contributed by atoms with Crippen molar-refractivity contribution in [1.82, 2.24) is 9.80 Å². The molecule has 8 nitrogen and oxygen atoms in total. The molecule has 1 N–H and O–H groups in total. The summed E-state index contributed by atoms with van der Waals surface area (Å²) < 4.78 is 16.5. The summed E-state index contributed by atoms with van der Waals surface area (Å²) >= 11 is 0. The summed E-state index contributed by atoms with van der Waals surface area (Å²) in [7, 11) is 5.47. The van der Waals surface area contributed by atoms with E-state index in [0.29, 0.717) is 54.6 Å². The van der Waals surface area contributed by atoms with E-state index in [0.717, 1.165) is 6.54 Å². The van der Waals surface area contributed by atoms with Crippen molar-refractivity contribution in [1.29, 1.82) is 0 Å². The number of ether oxygens (including phenoxy) is 3. The molecule has 0 aromatic heterocycles. The highest BCUT2D eigenvalue weighted by molar-refractivity contribution is 6.46. The number of fused-ring (bicyclic) bond motifs is 1. The molecule has 1 saturated heterocycles. The largest absolute Gasteiger partial charge is 0.507 e. The van der Waals surface area contributed by atoms with E-state index in [9.17, 15) is 14.7 Å². The number of ketones is 1. The molecular formula is C25H28N2O6. The SMILES string of the molecule is COc1cccc([C@H]2C(=C(O)c3ccc4c(c3)OCCO4)C(=O)C(=O)N2CCCN(C)C)c1. The number of hydrogen-bond donors (Lipinski definition) is 1. The molecule has 1 amide bonds. The Morgan fingerprint density at radius 1 is 1.12 bits per heavy atom. The van der Waals surface area contributed by atoms with Crippen LogP contribution < -0.4 is 14.2 Å². The second kappa shape index (κ2) is 9.54. The Hall–Kier alpha value is -3.52. The maximum absolute atomic E-state index is 13.1. The molecule has 0 bridgehead atoms. The van der Waals surface area contributed by atoms with E-state index in [1.807, 2.05) is 25.1 Å². The molecule has 0 aliphatic carbocycles. The molecule has 0 saturated carbocycles. The van der Waals surface area contributed by atoms with Gasteiger partial charge >= 0.3 is 0 Å². The van der Waals surface area contributed by atoms with Crippen LogP contribution in [0, 0.1) is 0 Å². The van der Waals surface area contributed by atoms with Crippen LogP contribution in [0.4, 0.5) is 0 Å². The van der Waals surface area contributed by atoms with Gasteiger partial charge in [-0.15, -0.1) is 0 Å². The highest BCUT2D eigenvalue weighted by Crippen LogP contribution is 2.41. The van der Waals surface area contributed by atoms with Crippen molar-refractivity contribution in [2.24, 2.45) is 0 Å². The van der Waals surface area contributed by atoms with E-state index in [1.165, 1.54) is 4.90 Å². The first-order valence-electron chi connectivity index (χ1n) is 10.9. The predicted molar refractivity (Wildman–Crippen MR) is 123 cm³/mol. The number of Topliss-reactive ketones (excluding diaryl/α,β-unsaturated/α-hetero) is 1. The van der Waals surface area contributed by atoms with Gasteiger partial charge in [0.25, 0.3) is 11.7 Å². The summed E-state index contributed by atoms with van der Waals surface area (Å²) in [5.74, 6) is 0.0921. The number of methoxy groups -OCH3 is 1. The van der Waals surface area contributed by atoms with Gasteiger partial charge in [0.1, 0.15) is 24.7 Å². The van der Waals surface area contributed by atoms with E-state index in [-0.39, 0.29) is 11.3 Å². The Balaban J connectivity index is 1.79. The van der Waals surface area contributed by atoms with Crippen molar-refractivity contribution >= 4 is 17.4 Å². The number of hydrogen-bond acceptors (Lipinski definition) is 7. The number of aliphatic hydroxyl groups is 1. The van der Waals surface area contributed by atoms with Crippen LogP contribution in [0.5, 0.6) is 17.2 Å². The molecule has 2 heterocycles. The van der Waals surface area contributed by atoms with Gasteiger partial charge in [-0.25, -0.2) is 0 Å². The van der Waals surface area contributed by atoms with E-state index in [1.54, 1.807) is 43.5 Å². The predicted octanol–water partition coefficient (Wildman–Crippen LogP) is 2.84. The van der Waals surface area contributed by atoms with Gasteiger partial charge < -0.3 is 29.1 Å².